The lowest BCUT2D eigenvalue weighted by Crippen LogP contribution is -2.10. The van der Waals surface area contributed by atoms with Crippen LogP contribution >= 0.6 is 0 Å². The first-order valence-electron chi connectivity index (χ1n) is 5.79. The molecule has 0 saturated carbocycles. The van der Waals surface area contributed by atoms with Gasteiger partial charge in [-0.2, -0.15) is 0 Å². The van der Waals surface area contributed by atoms with E-state index in [0.717, 1.165) is 22.4 Å². The number of benzene rings is 1. The summed E-state index contributed by atoms with van der Waals surface area (Å²) in [6.07, 6.45) is 0. The first kappa shape index (κ1) is 13.6. The molecule has 0 amide bonds. The summed E-state index contributed by atoms with van der Waals surface area (Å²) in [5.41, 5.74) is 2.88. The summed E-state index contributed by atoms with van der Waals surface area (Å²) in [6.45, 7) is 7.77. The number of carboxylic acid groups (broad SMARTS) is 1. The molecular weight excluding hydrogens is 216 g/mol. The van der Waals surface area contributed by atoms with Crippen LogP contribution in [0.15, 0.2) is 12.1 Å². The zero-order valence-corrected chi connectivity index (χ0v) is 11.1. The second-order valence-electron chi connectivity index (χ2n) is 4.67. The molecule has 1 unspecified atom stereocenters. The minimum atomic E-state index is -0.798. The van der Waals surface area contributed by atoms with E-state index in [0.29, 0.717) is 5.92 Å². The third kappa shape index (κ3) is 2.78. The highest BCUT2D eigenvalue weighted by atomic mass is 16.5. The molecular formula is C14H20O3. The molecule has 1 aromatic rings. The van der Waals surface area contributed by atoms with E-state index in [1.54, 1.807) is 14.0 Å². The Hall–Kier alpha value is -1.51. The Morgan fingerprint density at radius 3 is 2.24 bits per heavy atom. The van der Waals surface area contributed by atoms with Crippen molar-refractivity contribution in [1.82, 2.24) is 0 Å². The van der Waals surface area contributed by atoms with E-state index in [2.05, 4.69) is 13.8 Å². The lowest BCUT2D eigenvalue weighted by Gasteiger charge is -2.18. The molecule has 1 aromatic carbocycles. The molecule has 0 heterocycles. The second kappa shape index (κ2) is 5.21. The maximum atomic E-state index is 11.1. The van der Waals surface area contributed by atoms with Crippen LogP contribution in [0.2, 0.25) is 0 Å². The fourth-order valence-electron chi connectivity index (χ4n) is 1.94. The van der Waals surface area contributed by atoms with Gasteiger partial charge < -0.3 is 9.84 Å². The summed E-state index contributed by atoms with van der Waals surface area (Å²) in [7, 11) is 1.64. The number of carboxylic acids is 1. The van der Waals surface area contributed by atoms with E-state index in [4.69, 9.17) is 9.84 Å². The van der Waals surface area contributed by atoms with Gasteiger partial charge >= 0.3 is 5.97 Å². The predicted molar refractivity (Wildman–Crippen MR) is 67.9 cm³/mol. The number of hydrogen-bond donors (Lipinski definition) is 1. The molecule has 0 aromatic heterocycles. The van der Waals surface area contributed by atoms with Crippen molar-refractivity contribution in [3.63, 3.8) is 0 Å². The van der Waals surface area contributed by atoms with Crippen LogP contribution in [0.25, 0.3) is 0 Å². The monoisotopic (exact) mass is 236 g/mol. The Morgan fingerprint density at radius 1 is 1.24 bits per heavy atom. The van der Waals surface area contributed by atoms with Gasteiger partial charge in [0.2, 0.25) is 0 Å². The highest BCUT2D eigenvalue weighted by molar-refractivity contribution is 5.76. The average Bonchev–Trinajstić information content (AvgIpc) is 2.27. The van der Waals surface area contributed by atoms with Crippen molar-refractivity contribution in [2.45, 2.75) is 39.5 Å². The van der Waals surface area contributed by atoms with Gasteiger partial charge in [-0.15, -0.1) is 0 Å². The van der Waals surface area contributed by atoms with Crippen LogP contribution in [0, 0.1) is 6.92 Å². The minimum absolute atomic E-state index is 0.310. The maximum absolute atomic E-state index is 11.1. The van der Waals surface area contributed by atoms with E-state index in [9.17, 15) is 4.79 Å². The van der Waals surface area contributed by atoms with Crippen LogP contribution in [0.3, 0.4) is 0 Å². The smallest absolute Gasteiger partial charge is 0.310 e. The molecule has 0 saturated heterocycles. The van der Waals surface area contributed by atoms with Crippen molar-refractivity contribution in [3.8, 4) is 5.75 Å². The summed E-state index contributed by atoms with van der Waals surface area (Å²) in [5.74, 6) is -0.143. The number of rotatable bonds is 4. The Morgan fingerprint density at radius 2 is 1.82 bits per heavy atom. The first-order valence-corrected chi connectivity index (χ1v) is 5.79. The molecule has 1 rings (SSSR count). The third-order valence-electron chi connectivity index (χ3n) is 3.08. The zero-order valence-electron chi connectivity index (χ0n) is 11.1. The van der Waals surface area contributed by atoms with Crippen molar-refractivity contribution in [2.24, 2.45) is 0 Å². The Balaban J connectivity index is 3.34. The summed E-state index contributed by atoms with van der Waals surface area (Å²) < 4.78 is 5.34. The molecule has 0 aliphatic heterocycles. The van der Waals surface area contributed by atoms with E-state index in [-0.39, 0.29) is 0 Å². The topological polar surface area (TPSA) is 46.5 Å². The maximum Gasteiger partial charge on any atom is 0.310 e. The number of carbonyl (C=O) groups is 1. The summed E-state index contributed by atoms with van der Waals surface area (Å²) >= 11 is 0. The van der Waals surface area contributed by atoms with Crippen molar-refractivity contribution < 1.29 is 14.6 Å². The predicted octanol–water partition coefficient (Wildman–Crippen LogP) is 3.32. The third-order valence-corrected chi connectivity index (χ3v) is 3.08. The van der Waals surface area contributed by atoms with Gasteiger partial charge in [-0.1, -0.05) is 19.9 Å². The van der Waals surface area contributed by atoms with Gasteiger partial charge in [0, 0.05) is 0 Å². The summed E-state index contributed by atoms with van der Waals surface area (Å²) in [5, 5.41) is 9.08. The molecule has 0 fully saturated rings. The second-order valence-corrected chi connectivity index (χ2v) is 4.67. The van der Waals surface area contributed by atoms with Crippen LogP contribution in [-0.4, -0.2) is 18.2 Å². The van der Waals surface area contributed by atoms with Crippen LogP contribution < -0.4 is 4.74 Å². The van der Waals surface area contributed by atoms with Crippen molar-refractivity contribution in [1.29, 1.82) is 0 Å². The first-order chi connectivity index (χ1) is 7.88. The number of ether oxygens (including phenoxy) is 1. The normalized spacial score (nSPS) is 12.6. The molecule has 0 aliphatic carbocycles. The van der Waals surface area contributed by atoms with Crippen molar-refractivity contribution in [3.05, 3.63) is 28.8 Å². The Kier molecular flexibility index (Phi) is 4.16. The molecule has 17 heavy (non-hydrogen) atoms. The van der Waals surface area contributed by atoms with Crippen molar-refractivity contribution in [2.75, 3.05) is 7.11 Å². The zero-order chi connectivity index (χ0) is 13.2. The van der Waals surface area contributed by atoms with Gasteiger partial charge in [-0.3, -0.25) is 4.79 Å². The van der Waals surface area contributed by atoms with Gasteiger partial charge in [-0.05, 0) is 42.5 Å². The lowest BCUT2D eigenvalue weighted by atomic mass is 9.90. The minimum Gasteiger partial charge on any atom is -0.496 e. The number of methoxy groups -OCH3 is 1. The van der Waals surface area contributed by atoms with Crippen LogP contribution in [0.4, 0.5) is 0 Å². The molecule has 0 bridgehead atoms. The molecule has 0 aliphatic rings. The largest absolute Gasteiger partial charge is 0.496 e. The van der Waals surface area contributed by atoms with Crippen molar-refractivity contribution >= 4 is 5.97 Å². The van der Waals surface area contributed by atoms with Gasteiger partial charge in [0.05, 0.1) is 13.0 Å². The van der Waals surface area contributed by atoms with E-state index in [1.807, 2.05) is 19.1 Å². The molecule has 0 radical (unpaired) electrons. The van der Waals surface area contributed by atoms with Gasteiger partial charge in [-0.25, -0.2) is 0 Å². The van der Waals surface area contributed by atoms with Crippen LogP contribution in [0.1, 0.15) is 49.3 Å². The van der Waals surface area contributed by atoms with Crippen LogP contribution in [-0.2, 0) is 4.79 Å². The quantitative estimate of drug-likeness (QED) is 0.872. The summed E-state index contributed by atoms with van der Waals surface area (Å²) in [4.78, 5) is 11.1. The fourth-order valence-corrected chi connectivity index (χ4v) is 1.94. The highest BCUT2D eigenvalue weighted by Gasteiger charge is 2.19. The van der Waals surface area contributed by atoms with E-state index < -0.39 is 11.9 Å². The number of hydrogen-bond acceptors (Lipinski definition) is 2. The van der Waals surface area contributed by atoms with Crippen LogP contribution in [0.5, 0.6) is 5.75 Å². The summed E-state index contributed by atoms with van der Waals surface area (Å²) in [6, 6.07) is 3.88. The standard InChI is InChI=1S/C14H20O3/c1-8(2)11-7-12(10(4)14(15)16)9(3)6-13(11)17-5/h6-8,10H,1-5H3,(H,15,16). The molecule has 1 N–H and O–H groups in total. The fraction of sp³-hybridized carbons (Fsp3) is 0.500. The lowest BCUT2D eigenvalue weighted by molar-refractivity contribution is -0.138. The SMILES string of the molecule is COc1cc(C)c(C(C)C(=O)O)cc1C(C)C. The molecule has 0 spiro atoms. The molecule has 94 valence electrons. The van der Waals surface area contributed by atoms with E-state index >= 15 is 0 Å². The highest BCUT2D eigenvalue weighted by Crippen LogP contribution is 2.32. The Labute approximate surface area is 102 Å². The van der Waals surface area contributed by atoms with Gasteiger partial charge in [0.15, 0.2) is 0 Å². The number of aryl methyl sites for hydroxylation is 1. The average molecular weight is 236 g/mol. The number of aliphatic carboxylic acids is 1. The molecule has 3 heteroatoms. The molecule has 1 atom stereocenters. The van der Waals surface area contributed by atoms with Gasteiger partial charge in [0.25, 0.3) is 0 Å². The molecule has 3 nitrogen and oxygen atoms in total. The van der Waals surface area contributed by atoms with E-state index in [1.165, 1.54) is 0 Å². The van der Waals surface area contributed by atoms with Gasteiger partial charge in [0.1, 0.15) is 5.75 Å². The Bertz CT molecular complexity index is 422.